The molecule has 4 heteroatoms. The fourth-order valence-electron chi connectivity index (χ4n) is 2.04. The van der Waals surface area contributed by atoms with Crippen LogP contribution in [0, 0.1) is 0 Å². The lowest BCUT2D eigenvalue weighted by Crippen LogP contribution is -2.10. The van der Waals surface area contributed by atoms with Crippen LogP contribution in [0.25, 0.3) is 0 Å². The number of carboxylic acid groups (broad SMARTS) is 1. The quantitative estimate of drug-likeness (QED) is 0.774. The summed E-state index contributed by atoms with van der Waals surface area (Å²) in [4.78, 5) is 10.5. The van der Waals surface area contributed by atoms with Crippen LogP contribution in [0.3, 0.4) is 0 Å². The van der Waals surface area contributed by atoms with Gasteiger partial charge in [0.05, 0.1) is 5.69 Å². The van der Waals surface area contributed by atoms with Crippen molar-refractivity contribution in [1.82, 2.24) is 9.78 Å². The van der Waals surface area contributed by atoms with E-state index in [4.69, 9.17) is 5.11 Å². The van der Waals surface area contributed by atoms with Crippen molar-refractivity contribution < 1.29 is 9.90 Å². The summed E-state index contributed by atoms with van der Waals surface area (Å²) in [6, 6.07) is 0. The zero-order valence-electron chi connectivity index (χ0n) is 8.23. The second-order valence-electron chi connectivity index (χ2n) is 3.92. The van der Waals surface area contributed by atoms with Crippen LogP contribution in [-0.4, -0.2) is 20.9 Å². The Balaban J connectivity index is 2.26. The predicted octanol–water partition coefficient (Wildman–Crippen LogP) is 1.41. The number of nitrogens with zero attached hydrogens (tertiary/aromatic N) is 2. The standard InChI is InChI=1S/C10H14N2O2/c1-7-3-2-4-8-5-12(6-9(13)14)11-10(7)8/h5,7H,2-4,6H2,1H3,(H,13,14). The van der Waals surface area contributed by atoms with E-state index >= 15 is 0 Å². The van der Waals surface area contributed by atoms with Crippen LogP contribution in [0.5, 0.6) is 0 Å². The molecule has 1 unspecified atom stereocenters. The number of carboxylic acids is 1. The molecule has 1 aliphatic carbocycles. The van der Waals surface area contributed by atoms with E-state index in [1.54, 1.807) is 0 Å². The van der Waals surface area contributed by atoms with Gasteiger partial charge in [0.15, 0.2) is 0 Å². The molecule has 0 aliphatic heterocycles. The fourth-order valence-corrected chi connectivity index (χ4v) is 2.04. The zero-order valence-corrected chi connectivity index (χ0v) is 8.23. The summed E-state index contributed by atoms with van der Waals surface area (Å²) in [5.41, 5.74) is 2.32. The summed E-state index contributed by atoms with van der Waals surface area (Å²) in [5, 5.41) is 12.9. The largest absolute Gasteiger partial charge is 0.480 e. The first-order chi connectivity index (χ1) is 6.66. The van der Waals surface area contributed by atoms with Crippen molar-refractivity contribution in [2.45, 2.75) is 38.6 Å². The number of hydrogen-bond donors (Lipinski definition) is 1. The van der Waals surface area contributed by atoms with Crippen LogP contribution in [0.4, 0.5) is 0 Å². The number of hydrogen-bond acceptors (Lipinski definition) is 2. The van der Waals surface area contributed by atoms with Gasteiger partial charge in [-0.3, -0.25) is 9.48 Å². The lowest BCUT2D eigenvalue weighted by atomic mass is 9.90. The highest BCUT2D eigenvalue weighted by Gasteiger charge is 2.20. The lowest BCUT2D eigenvalue weighted by Gasteiger charge is -2.15. The third-order valence-electron chi connectivity index (χ3n) is 2.72. The van der Waals surface area contributed by atoms with Crippen molar-refractivity contribution in [1.29, 1.82) is 0 Å². The summed E-state index contributed by atoms with van der Waals surface area (Å²) < 4.78 is 1.54. The number of rotatable bonds is 2. The maximum Gasteiger partial charge on any atom is 0.325 e. The van der Waals surface area contributed by atoms with Gasteiger partial charge in [0, 0.05) is 12.1 Å². The molecule has 1 N–H and O–H groups in total. The average molecular weight is 194 g/mol. The third-order valence-corrected chi connectivity index (χ3v) is 2.72. The average Bonchev–Trinajstić information content (AvgIpc) is 2.47. The molecule has 0 radical (unpaired) electrons. The minimum Gasteiger partial charge on any atom is -0.480 e. The number of carbonyl (C=O) groups is 1. The molecule has 0 amide bonds. The Labute approximate surface area is 82.5 Å². The van der Waals surface area contributed by atoms with Crippen molar-refractivity contribution in [3.63, 3.8) is 0 Å². The van der Waals surface area contributed by atoms with Gasteiger partial charge in [-0.2, -0.15) is 5.10 Å². The van der Waals surface area contributed by atoms with Crippen LogP contribution >= 0.6 is 0 Å². The monoisotopic (exact) mass is 194 g/mol. The maximum absolute atomic E-state index is 10.5. The maximum atomic E-state index is 10.5. The minimum absolute atomic E-state index is 0.0281. The molecular weight excluding hydrogens is 180 g/mol. The van der Waals surface area contributed by atoms with E-state index in [2.05, 4.69) is 12.0 Å². The summed E-state index contributed by atoms with van der Waals surface area (Å²) in [6.07, 6.45) is 5.27. The van der Waals surface area contributed by atoms with Crippen molar-refractivity contribution in [2.24, 2.45) is 0 Å². The van der Waals surface area contributed by atoms with Gasteiger partial charge in [0.25, 0.3) is 0 Å². The molecule has 4 nitrogen and oxygen atoms in total. The second kappa shape index (κ2) is 3.44. The van der Waals surface area contributed by atoms with E-state index in [0.29, 0.717) is 5.92 Å². The molecule has 0 saturated carbocycles. The summed E-state index contributed by atoms with van der Waals surface area (Å²) in [5.74, 6) is -0.355. The highest BCUT2D eigenvalue weighted by molar-refractivity contribution is 5.66. The molecule has 76 valence electrons. The minimum atomic E-state index is -0.836. The third kappa shape index (κ3) is 1.64. The molecule has 0 saturated heterocycles. The molecule has 1 aromatic heterocycles. The molecule has 1 atom stereocenters. The second-order valence-corrected chi connectivity index (χ2v) is 3.92. The van der Waals surface area contributed by atoms with E-state index in [1.165, 1.54) is 16.7 Å². The van der Waals surface area contributed by atoms with Crippen molar-refractivity contribution in [2.75, 3.05) is 0 Å². The topological polar surface area (TPSA) is 55.1 Å². The first-order valence-corrected chi connectivity index (χ1v) is 4.95. The number of aliphatic carboxylic acids is 1. The number of fused-ring (bicyclic) bond motifs is 1. The Morgan fingerprint density at radius 1 is 1.79 bits per heavy atom. The molecule has 0 aromatic carbocycles. The molecule has 0 spiro atoms. The van der Waals surface area contributed by atoms with Crippen LogP contribution in [0.2, 0.25) is 0 Å². The van der Waals surface area contributed by atoms with Crippen LogP contribution in [0.1, 0.15) is 36.9 Å². The van der Waals surface area contributed by atoms with Gasteiger partial charge >= 0.3 is 5.97 Å². The van der Waals surface area contributed by atoms with Crippen LogP contribution in [0.15, 0.2) is 6.20 Å². The zero-order chi connectivity index (χ0) is 10.1. The molecule has 2 rings (SSSR count). The SMILES string of the molecule is CC1CCCc2cn(CC(=O)O)nc21. The Morgan fingerprint density at radius 3 is 3.21 bits per heavy atom. The van der Waals surface area contributed by atoms with E-state index in [-0.39, 0.29) is 6.54 Å². The summed E-state index contributed by atoms with van der Waals surface area (Å²) >= 11 is 0. The molecule has 1 heterocycles. The van der Waals surface area contributed by atoms with Crippen molar-refractivity contribution in [3.05, 3.63) is 17.5 Å². The molecule has 1 aromatic rings. The van der Waals surface area contributed by atoms with E-state index in [0.717, 1.165) is 18.5 Å². The van der Waals surface area contributed by atoms with Gasteiger partial charge < -0.3 is 5.11 Å². The summed E-state index contributed by atoms with van der Waals surface area (Å²) in [6.45, 7) is 2.12. The van der Waals surface area contributed by atoms with Gasteiger partial charge in [-0.05, 0) is 24.8 Å². The summed E-state index contributed by atoms with van der Waals surface area (Å²) in [7, 11) is 0. The molecule has 1 aliphatic rings. The van der Waals surface area contributed by atoms with Gasteiger partial charge in [-0.1, -0.05) is 6.92 Å². The number of aryl methyl sites for hydroxylation is 1. The van der Waals surface area contributed by atoms with Crippen molar-refractivity contribution >= 4 is 5.97 Å². The molecule has 14 heavy (non-hydrogen) atoms. The van der Waals surface area contributed by atoms with Gasteiger partial charge in [-0.15, -0.1) is 0 Å². The van der Waals surface area contributed by atoms with Crippen molar-refractivity contribution in [3.8, 4) is 0 Å². The highest BCUT2D eigenvalue weighted by Crippen LogP contribution is 2.29. The highest BCUT2D eigenvalue weighted by atomic mass is 16.4. The molecule has 0 bridgehead atoms. The first-order valence-electron chi connectivity index (χ1n) is 4.95. The fraction of sp³-hybridized carbons (Fsp3) is 0.600. The Bertz CT molecular complexity index is 357. The van der Waals surface area contributed by atoms with Gasteiger partial charge in [0.2, 0.25) is 0 Å². The lowest BCUT2D eigenvalue weighted by molar-refractivity contribution is -0.137. The van der Waals surface area contributed by atoms with E-state index in [9.17, 15) is 4.79 Å². The van der Waals surface area contributed by atoms with E-state index in [1.807, 2.05) is 6.20 Å². The van der Waals surface area contributed by atoms with Gasteiger partial charge in [-0.25, -0.2) is 0 Å². The Kier molecular flexibility index (Phi) is 2.27. The predicted molar refractivity (Wildman–Crippen MR) is 51.2 cm³/mol. The first kappa shape index (κ1) is 9.24. The Morgan fingerprint density at radius 2 is 2.57 bits per heavy atom. The smallest absolute Gasteiger partial charge is 0.325 e. The Hall–Kier alpha value is -1.32. The number of aromatic nitrogens is 2. The normalized spacial score (nSPS) is 20.5. The van der Waals surface area contributed by atoms with Gasteiger partial charge in [0.1, 0.15) is 6.54 Å². The molecular formula is C10H14N2O2. The van der Waals surface area contributed by atoms with Crippen LogP contribution < -0.4 is 0 Å². The molecule has 0 fully saturated rings. The van der Waals surface area contributed by atoms with Crippen LogP contribution in [-0.2, 0) is 17.8 Å². The van der Waals surface area contributed by atoms with E-state index < -0.39 is 5.97 Å².